The second-order valence-corrected chi connectivity index (χ2v) is 4.13. The van der Waals surface area contributed by atoms with Crippen LogP contribution in [0.3, 0.4) is 0 Å². The van der Waals surface area contributed by atoms with Crippen molar-refractivity contribution in [2.75, 3.05) is 7.05 Å². The van der Waals surface area contributed by atoms with Crippen LogP contribution < -0.4 is 5.32 Å². The molecule has 3 nitrogen and oxygen atoms in total. The second-order valence-electron chi connectivity index (χ2n) is 4.13. The first-order chi connectivity index (χ1) is 7.22. The molecule has 0 saturated heterocycles. The molecule has 3 heteroatoms. The topological polar surface area (TPSA) is 29.3 Å². The van der Waals surface area contributed by atoms with Crippen LogP contribution in [0.15, 0.2) is 24.5 Å². The standard InChI is InChI=1S/C12H17N3/c1-9(2)12-14-8-11-6-10(7-13-3)4-5-15(11)12/h4-6,8-9,13H,7H2,1-3H3. The van der Waals surface area contributed by atoms with Crippen LogP contribution in [0, 0.1) is 0 Å². The van der Waals surface area contributed by atoms with Crippen molar-refractivity contribution in [1.29, 1.82) is 0 Å². The first-order valence-corrected chi connectivity index (χ1v) is 5.33. The zero-order valence-electron chi connectivity index (χ0n) is 9.49. The van der Waals surface area contributed by atoms with Crippen LogP contribution in [0.25, 0.3) is 5.52 Å². The summed E-state index contributed by atoms with van der Waals surface area (Å²) in [6, 6.07) is 4.31. The summed E-state index contributed by atoms with van der Waals surface area (Å²) in [7, 11) is 1.96. The predicted molar refractivity (Wildman–Crippen MR) is 62.0 cm³/mol. The number of fused-ring (bicyclic) bond motifs is 1. The van der Waals surface area contributed by atoms with E-state index in [0.717, 1.165) is 12.4 Å². The Kier molecular flexibility index (Phi) is 2.73. The van der Waals surface area contributed by atoms with E-state index in [9.17, 15) is 0 Å². The fourth-order valence-corrected chi connectivity index (χ4v) is 1.81. The van der Waals surface area contributed by atoms with Crippen LogP contribution in [-0.2, 0) is 6.54 Å². The van der Waals surface area contributed by atoms with Crippen molar-refractivity contribution >= 4 is 5.52 Å². The summed E-state index contributed by atoms with van der Waals surface area (Å²) in [5.41, 5.74) is 2.46. The van der Waals surface area contributed by atoms with Gasteiger partial charge in [0, 0.05) is 18.7 Å². The van der Waals surface area contributed by atoms with Crippen LogP contribution in [0.2, 0.25) is 0 Å². The third-order valence-corrected chi connectivity index (χ3v) is 2.52. The number of hydrogen-bond acceptors (Lipinski definition) is 2. The SMILES string of the molecule is CNCc1ccn2c(C(C)C)ncc2c1. The minimum atomic E-state index is 0.461. The van der Waals surface area contributed by atoms with Crippen molar-refractivity contribution < 1.29 is 0 Å². The summed E-state index contributed by atoms with van der Waals surface area (Å²) in [5, 5.41) is 3.15. The van der Waals surface area contributed by atoms with Gasteiger partial charge in [-0.05, 0) is 24.7 Å². The molecule has 0 bridgehead atoms. The van der Waals surface area contributed by atoms with Gasteiger partial charge in [0.05, 0.1) is 11.7 Å². The van der Waals surface area contributed by atoms with Gasteiger partial charge in [0.2, 0.25) is 0 Å². The Morgan fingerprint density at radius 3 is 2.93 bits per heavy atom. The van der Waals surface area contributed by atoms with Crippen LogP contribution in [-0.4, -0.2) is 16.4 Å². The molecule has 2 rings (SSSR count). The Morgan fingerprint density at radius 1 is 1.47 bits per heavy atom. The van der Waals surface area contributed by atoms with Crippen molar-refractivity contribution in [3.8, 4) is 0 Å². The van der Waals surface area contributed by atoms with Gasteiger partial charge in [-0.2, -0.15) is 0 Å². The highest BCUT2D eigenvalue weighted by Gasteiger charge is 2.07. The summed E-state index contributed by atoms with van der Waals surface area (Å²) in [6.45, 7) is 5.23. The van der Waals surface area contributed by atoms with Crippen LogP contribution >= 0.6 is 0 Å². The average molecular weight is 203 g/mol. The van der Waals surface area contributed by atoms with Gasteiger partial charge in [-0.3, -0.25) is 0 Å². The van der Waals surface area contributed by atoms with Crippen LogP contribution in [0.5, 0.6) is 0 Å². The molecule has 80 valence electrons. The summed E-state index contributed by atoms with van der Waals surface area (Å²) in [5.74, 6) is 1.59. The molecule has 2 heterocycles. The molecule has 0 fully saturated rings. The summed E-state index contributed by atoms with van der Waals surface area (Å²) in [4.78, 5) is 4.44. The van der Waals surface area contributed by atoms with E-state index in [-0.39, 0.29) is 0 Å². The maximum absolute atomic E-state index is 4.44. The lowest BCUT2D eigenvalue weighted by Crippen LogP contribution is -2.05. The molecular weight excluding hydrogens is 186 g/mol. The van der Waals surface area contributed by atoms with Gasteiger partial charge in [0.25, 0.3) is 0 Å². The van der Waals surface area contributed by atoms with Gasteiger partial charge in [0.1, 0.15) is 5.82 Å². The Bertz CT molecular complexity index is 457. The molecule has 1 N–H and O–H groups in total. The normalized spacial score (nSPS) is 11.5. The molecule has 0 aliphatic rings. The monoisotopic (exact) mass is 203 g/mol. The molecule has 2 aromatic heterocycles. The number of nitrogens with zero attached hydrogens (tertiary/aromatic N) is 2. The molecule has 0 atom stereocenters. The molecule has 0 aliphatic heterocycles. The van der Waals surface area contributed by atoms with Crippen molar-refractivity contribution in [2.24, 2.45) is 0 Å². The number of nitrogens with one attached hydrogen (secondary N) is 1. The van der Waals surface area contributed by atoms with Crippen molar-refractivity contribution in [1.82, 2.24) is 14.7 Å². The molecule has 0 spiro atoms. The molecular formula is C12H17N3. The molecule has 0 saturated carbocycles. The minimum absolute atomic E-state index is 0.461. The quantitative estimate of drug-likeness (QED) is 0.828. The highest BCUT2D eigenvalue weighted by Crippen LogP contribution is 2.16. The Hall–Kier alpha value is -1.35. The van der Waals surface area contributed by atoms with Gasteiger partial charge in [-0.1, -0.05) is 13.8 Å². The van der Waals surface area contributed by atoms with Gasteiger partial charge in [0.15, 0.2) is 0 Å². The van der Waals surface area contributed by atoms with Crippen molar-refractivity contribution in [3.05, 3.63) is 35.9 Å². The highest BCUT2D eigenvalue weighted by atomic mass is 15.0. The third-order valence-electron chi connectivity index (χ3n) is 2.52. The van der Waals surface area contributed by atoms with Crippen molar-refractivity contribution in [2.45, 2.75) is 26.3 Å². The Labute approximate surface area is 90.1 Å². The van der Waals surface area contributed by atoms with Gasteiger partial charge < -0.3 is 9.72 Å². The lowest BCUT2D eigenvalue weighted by molar-refractivity contribution is 0.767. The molecule has 2 aromatic rings. The fourth-order valence-electron chi connectivity index (χ4n) is 1.81. The van der Waals surface area contributed by atoms with Crippen LogP contribution in [0.1, 0.15) is 31.2 Å². The minimum Gasteiger partial charge on any atom is -0.316 e. The largest absolute Gasteiger partial charge is 0.316 e. The van der Waals surface area contributed by atoms with Crippen molar-refractivity contribution in [3.63, 3.8) is 0 Å². The number of pyridine rings is 1. The summed E-state index contributed by atoms with van der Waals surface area (Å²) in [6.07, 6.45) is 4.04. The second kappa shape index (κ2) is 4.03. The maximum Gasteiger partial charge on any atom is 0.115 e. The zero-order chi connectivity index (χ0) is 10.8. The highest BCUT2D eigenvalue weighted by molar-refractivity contribution is 5.48. The van der Waals surface area contributed by atoms with E-state index in [1.54, 1.807) is 0 Å². The maximum atomic E-state index is 4.44. The van der Waals surface area contributed by atoms with E-state index in [0.29, 0.717) is 5.92 Å². The van der Waals surface area contributed by atoms with E-state index >= 15 is 0 Å². The molecule has 15 heavy (non-hydrogen) atoms. The van der Waals surface area contributed by atoms with E-state index in [1.807, 2.05) is 13.2 Å². The predicted octanol–water partition coefficient (Wildman–Crippen LogP) is 2.18. The average Bonchev–Trinajstić information content (AvgIpc) is 2.61. The third kappa shape index (κ3) is 1.88. The number of hydrogen-bond donors (Lipinski definition) is 1. The first kappa shape index (κ1) is 10.2. The first-order valence-electron chi connectivity index (χ1n) is 5.33. The molecule has 0 aliphatic carbocycles. The van der Waals surface area contributed by atoms with E-state index in [1.165, 1.54) is 11.1 Å². The van der Waals surface area contributed by atoms with E-state index in [4.69, 9.17) is 0 Å². The number of rotatable bonds is 3. The number of aromatic nitrogens is 2. The molecule has 0 unspecified atom stereocenters. The number of imidazole rings is 1. The molecule has 0 aromatic carbocycles. The van der Waals surface area contributed by atoms with Gasteiger partial charge >= 0.3 is 0 Å². The molecule has 0 amide bonds. The lowest BCUT2D eigenvalue weighted by atomic mass is 10.2. The smallest absolute Gasteiger partial charge is 0.115 e. The zero-order valence-corrected chi connectivity index (χ0v) is 9.49. The van der Waals surface area contributed by atoms with E-state index < -0.39 is 0 Å². The van der Waals surface area contributed by atoms with Gasteiger partial charge in [-0.15, -0.1) is 0 Å². The molecule has 0 radical (unpaired) electrons. The van der Waals surface area contributed by atoms with Crippen LogP contribution in [0.4, 0.5) is 0 Å². The summed E-state index contributed by atoms with van der Waals surface area (Å²) < 4.78 is 2.16. The van der Waals surface area contributed by atoms with Gasteiger partial charge in [-0.25, -0.2) is 4.98 Å². The Balaban J connectivity index is 2.47. The van der Waals surface area contributed by atoms with E-state index in [2.05, 4.69) is 46.9 Å². The lowest BCUT2D eigenvalue weighted by Gasteiger charge is -2.05. The summed E-state index contributed by atoms with van der Waals surface area (Å²) >= 11 is 0. The Morgan fingerprint density at radius 2 is 2.27 bits per heavy atom. The fraction of sp³-hybridized carbons (Fsp3) is 0.417.